The van der Waals surface area contributed by atoms with Crippen LogP contribution in [0.25, 0.3) is 5.48 Å². The molecule has 0 aromatic heterocycles. The molecule has 0 radical (unpaired) electrons. The molecule has 0 amide bonds. The normalized spacial score (nSPS) is 11.5. The largest absolute Gasteiger partial charge is 0.562 e. The summed E-state index contributed by atoms with van der Waals surface area (Å²) in [5.74, 6) is 0. The summed E-state index contributed by atoms with van der Waals surface area (Å²) in [6.45, 7) is 6.91. The van der Waals surface area contributed by atoms with Crippen molar-refractivity contribution in [2.45, 2.75) is 20.8 Å². The topological polar surface area (TPSA) is 51.0 Å². The zero-order valence-corrected chi connectivity index (χ0v) is 11.9. The van der Waals surface area contributed by atoms with Crippen molar-refractivity contribution in [1.82, 2.24) is 0 Å². The third-order valence-electron chi connectivity index (χ3n) is 1.86. The average Bonchev–Trinajstić information content (AvgIpc) is 2.39. The Morgan fingerprint density at radius 1 is 0.889 bits per heavy atom. The Hall–Kier alpha value is -0.710. The van der Waals surface area contributed by atoms with E-state index in [1.165, 1.54) is 0 Å². The van der Waals surface area contributed by atoms with Gasteiger partial charge in [0.15, 0.2) is 0 Å². The summed E-state index contributed by atoms with van der Waals surface area (Å²) in [5.41, 5.74) is 4.70. The Bertz CT molecular complexity index is 306. The minimum Gasteiger partial charge on any atom is -0.512 e. The molecule has 5 nitrogen and oxygen atoms in total. The van der Waals surface area contributed by atoms with Gasteiger partial charge in [-0.3, -0.25) is 0 Å². The molecule has 0 spiro atoms. The predicted molar refractivity (Wildman–Crippen MR) is 72.3 cm³/mol. The second-order valence-electron chi connectivity index (χ2n) is 3.21. The second kappa shape index (κ2) is 8.40. The standard InChI is InChI=1S/C12H20NO4P/c1-4-14-18(15-5-2,16-6-3)17-13-12-10-8-7-9-11-12/h7-11H,4-6H2,1-3H3. The third kappa shape index (κ3) is 4.88. The molecule has 0 atom stereocenters. The number of nitrogens with zero attached hydrogens (tertiary/aromatic N) is 1. The highest BCUT2D eigenvalue weighted by Gasteiger charge is 2.45. The van der Waals surface area contributed by atoms with E-state index in [-0.39, 0.29) is 0 Å². The van der Waals surface area contributed by atoms with E-state index in [2.05, 4.69) is 5.48 Å². The van der Waals surface area contributed by atoms with Crippen molar-refractivity contribution in [3.63, 3.8) is 0 Å². The summed E-state index contributed by atoms with van der Waals surface area (Å²) >= 11 is 0. The van der Waals surface area contributed by atoms with Crippen molar-refractivity contribution in [2.75, 3.05) is 19.8 Å². The molecule has 0 saturated carbocycles. The van der Waals surface area contributed by atoms with Crippen LogP contribution >= 0.6 is 8.17 Å². The fourth-order valence-corrected chi connectivity index (χ4v) is 2.75. The SMILES string of the molecule is CCO[P+](OCC)(OCC)O[N-]c1ccccc1. The van der Waals surface area contributed by atoms with Crippen LogP contribution < -0.4 is 0 Å². The molecule has 0 unspecified atom stereocenters. The molecular weight excluding hydrogens is 253 g/mol. The summed E-state index contributed by atoms with van der Waals surface area (Å²) < 4.78 is 21.9. The summed E-state index contributed by atoms with van der Waals surface area (Å²) in [6, 6.07) is 9.33. The number of rotatable bonds is 9. The zero-order chi connectivity index (χ0) is 13.3. The lowest BCUT2D eigenvalue weighted by Crippen LogP contribution is -2.09. The van der Waals surface area contributed by atoms with Crippen LogP contribution in [0, 0.1) is 0 Å². The lowest BCUT2D eigenvalue weighted by atomic mass is 10.3. The molecule has 0 aliphatic carbocycles. The van der Waals surface area contributed by atoms with Gasteiger partial charge in [0, 0.05) is 0 Å². The molecule has 102 valence electrons. The molecule has 1 rings (SSSR count). The van der Waals surface area contributed by atoms with E-state index in [4.69, 9.17) is 18.2 Å². The second-order valence-corrected chi connectivity index (χ2v) is 5.04. The summed E-state index contributed by atoms with van der Waals surface area (Å²) in [6.07, 6.45) is 0. The van der Waals surface area contributed by atoms with Crippen LogP contribution in [0.1, 0.15) is 20.8 Å². The van der Waals surface area contributed by atoms with Crippen molar-refractivity contribution in [3.05, 3.63) is 35.8 Å². The molecule has 0 bridgehead atoms. The first-order chi connectivity index (χ1) is 8.76. The van der Waals surface area contributed by atoms with Crippen LogP contribution in [0.15, 0.2) is 30.3 Å². The van der Waals surface area contributed by atoms with Crippen LogP contribution in [-0.2, 0) is 18.2 Å². The molecule has 1 aromatic carbocycles. The molecule has 6 heteroatoms. The van der Waals surface area contributed by atoms with Gasteiger partial charge in [-0.25, -0.2) is 4.62 Å². The molecule has 0 fully saturated rings. The fourth-order valence-electron chi connectivity index (χ4n) is 1.24. The molecular formula is C12H20NO4P. The Morgan fingerprint density at radius 2 is 1.39 bits per heavy atom. The van der Waals surface area contributed by atoms with Crippen LogP contribution in [0.5, 0.6) is 0 Å². The van der Waals surface area contributed by atoms with Gasteiger partial charge in [-0.2, -0.15) is 13.6 Å². The summed E-state index contributed by atoms with van der Waals surface area (Å²) in [7, 11) is -2.83. The lowest BCUT2D eigenvalue weighted by molar-refractivity contribution is 0.0829. The molecule has 0 N–H and O–H groups in total. The fraction of sp³-hybridized carbons (Fsp3) is 0.500. The van der Waals surface area contributed by atoms with Gasteiger partial charge < -0.3 is 5.48 Å². The van der Waals surface area contributed by atoms with Gasteiger partial charge in [0.1, 0.15) is 0 Å². The van der Waals surface area contributed by atoms with Crippen LogP contribution in [0.2, 0.25) is 0 Å². The first-order valence-electron chi connectivity index (χ1n) is 6.03. The first kappa shape index (κ1) is 15.3. The average molecular weight is 273 g/mol. The van der Waals surface area contributed by atoms with Crippen molar-refractivity contribution in [3.8, 4) is 0 Å². The molecule has 0 aliphatic heterocycles. The maximum atomic E-state index is 5.48. The Morgan fingerprint density at radius 3 is 1.83 bits per heavy atom. The Balaban J connectivity index is 2.64. The summed E-state index contributed by atoms with van der Waals surface area (Å²) in [4.78, 5) is 0. The third-order valence-corrected chi connectivity index (χ3v) is 3.87. The maximum Gasteiger partial charge on any atom is 0.562 e. The van der Waals surface area contributed by atoms with E-state index in [1.54, 1.807) is 0 Å². The molecule has 1 aromatic rings. The van der Waals surface area contributed by atoms with E-state index < -0.39 is 8.17 Å². The van der Waals surface area contributed by atoms with Crippen molar-refractivity contribution >= 4 is 13.9 Å². The first-order valence-corrected chi connectivity index (χ1v) is 7.50. The molecule has 0 heterocycles. The smallest absolute Gasteiger partial charge is 0.512 e. The van der Waals surface area contributed by atoms with Crippen molar-refractivity contribution in [1.29, 1.82) is 0 Å². The minimum atomic E-state index is -2.83. The van der Waals surface area contributed by atoms with E-state index in [1.807, 2.05) is 51.1 Å². The quantitative estimate of drug-likeness (QED) is 0.494. The van der Waals surface area contributed by atoms with Crippen LogP contribution in [-0.4, -0.2) is 19.8 Å². The maximum absolute atomic E-state index is 5.48. The van der Waals surface area contributed by atoms with Gasteiger partial charge in [-0.1, -0.05) is 30.3 Å². The predicted octanol–water partition coefficient (Wildman–Crippen LogP) is 4.41. The lowest BCUT2D eigenvalue weighted by Gasteiger charge is -2.26. The number of hydrogen-bond donors (Lipinski definition) is 0. The monoisotopic (exact) mass is 273 g/mol. The highest BCUT2D eigenvalue weighted by molar-refractivity contribution is 7.56. The number of benzene rings is 1. The molecule has 0 aliphatic rings. The van der Waals surface area contributed by atoms with Gasteiger partial charge in [0.25, 0.3) is 0 Å². The molecule has 0 saturated heterocycles. The van der Waals surface area contributed by atoms with Gasteiger partial charge >= 0.3 is 8.17 Å². The highest BCUT2D eigenvalue weighted by Crippen LogP contribution is 2.64. The van der Waals surface area contributed by atoms with Gasteiger partial charge in [-0.15, -0.1) is 5.69 Å². The Kier molecular flexibility index (Phi) is 7.16. The van der Waals surface area contributed by atoms with Gasteiger partial charge in [0.2, 0.25) is 0 Å². The highest BCUT2D eigenvalue weighted by atomic mass is 31.2. The van der Waals surface area contributed by atoms with E-state index >= 15 is 0 Å². The van der Waals surface area contributed by atoms with E-state index in [0.717, 1.165) is 0 Å². The van der Waals surface area contributed by atoms with Crippen molar-refractivity contribution in [2.24, 2.45) is 0 Å². The minimum absolute atomic E-state index is 0.443. The zero-order valence-electron chi connectivity index (χ0n) is 11.0. The van der Waals surface area contributed by atoms with E-state index in [0.29, 0.717) is 25.5 Å². The summed E-state index contributed by atoms with van der Waals surface area (Å²) in [5, 5.41) is 0. The van der Waals surface area contributed by atoms with Gasteiger partial charge in [0.05, 0.1) is 19.8 Å². The Labute approximate surface area is 109 Å². The van der Waals surface area contributed by atoms with Crippen LogP contribution in [0.4, 0.5) is 5.69 Å². The molecule has 18 heavy (non-hydrogen) atoms. The van der Waals surface area contributed by atoms with Crippen molar-refractivity contribution < 1.29 is 18.2 Å². The van der Waals surface area contributed by atoms with Crippen LogP contribution in [0.3, 0.4) is 0 Å². The van der Waals surface area contributed by atoms with E-state index in [9.17, 15) is 0 Å². The van der Waals surface area contributed by atoms with Gasteiger partial charge in [-0.05, 0) is 20.8 Å². The number of hydrogen-bond acceptors (Lipinski definition) is 4.